The van der Waals surface area contributed by atoms with Crippen LogP contribution in [0.5, 0.6) is 5.75 Å². The van der Waals surface area contributed by atoms with Gasteiger partial charge in [0.25, 0.3) is 5.91 Å². The fourth-order valence-electron chi connectivity index (χ4n) is 3.97. The quantitative estimate of drug-likeness (QED) is 0.682. The summed E-state index contributed by atoms with van der Waals surface area (Å²) in [6.07, 6.45) is 2.00. The summed E-state index contributed by atoms with van der Waals surface area (Å²) in [6.45, 7) is 5.48. The number of amides is 3. The lowest BCUT2D eigenvalue weighted by Crippen LogP contribution is -2.49. The highest BCUT2D eigenvalue weighted by Gasteiger charge is 2.41. The molecule has 164 valence electrons. The Hall–Kier alpha value is -2.61. The average Bonchev–Trinajstić information content (AvgIpc) is 2.97. The number of nitrogens with zero attached hydrogens (tertiary/aromatic N) is 1. The van der Waals surface area contributed by atoms with E-state index in [-0.39, 0.29) is 24.1 Å². The molecule has 0 aromatic heterocycles. The van der Waals surface area contributed by atoms with Crippen LogP contribution in [0.2, 0.25) is 0 Å². The Morgan fingerprint density at radius 2 is 2.17 bits per heavy atom. The summed E-state index contributed by atoms with van der Waals surface area (Å²) in [7, 11) is 1.62. The Kier molecular flexibility index (Phi) is 6.97. The highest BCUT2D eigenvalue weighted by atomic mass is 16.5. The first kappa shape index (κ1) is 22.1. The molecule has 2 heterocycles. The van der Waals surface area contributed by atoms with E-state index in [0.717, 1.165) is 12.0 Å². The van der Waals surface area contributed by atoms with Crippen LogP contribution < -0.4 is 15.4 Å². The molecule has 1 spiro atoms. The van der Waals surface area contributed by atoms with E-state index < -0.39 is 11.6 Å². The highest BCUT2D eigenvalue weighted by molar-refractivity contribution is 5.97. The van der Waals surface area contributed by atoms with Crippen molar-refractivity contribution in [2.45, 2.75) is 51.2 Å². The predicted molar refractivity (Wildman–Crippen MR) is 111 cm³/mol. The lowest BCUT2D eigenvalue weighted by molar-refractivity contribution is -0.139. The number of hydrogen-bond acceptors (Lipinski definition) is 5. The van der Waals surface area contributed by atoms with Crippen LogP contribution in [0.1, 0.15) is 48.5 Å². The van der Waals surface area contributed by atoms with Gasteiger partial charge in [0.1, 0.15) is 17.4 Å². The Morgan fingerprint density at radius 3 is 2.93 bits per heavy atom. The molecule has 30 heavy (non-hydrogen) atoms. The maximum absolute atomic E-state index is 12.8. The van der Waals surface area contributed by atoms with Crippen LogP contribution in [0.15, 0.2) is 18.2 Å². The van der Waals surface area contributed by atoms with Crippen molar-refractivity contribution < 1.29 is 23.9 Å². The van der Waals surface area contributed by atoms with Crippen LogP contribution in [0.4, 0.5) is 0 Å². The predicted octanol–water partition coefficient (Wildman–Crippen LogP) is 1.41. The number of nitrogens with one attached hydrogen (secondary N) is 2. The Labute approximate surface area is 177 Å². The molecule has 3 amide bonds. The second-order valence-electron chi connectivity index (χ2n) is 8.12. The van der Waals surface area contributed by atoms with E-state index in [1.165, 1.54) is 0 Å². The fourth-order valence-corrected chi connectivity index (χ4v) is 3.97. The number of ether oxygens (including phenoxy) is 2. The topological polar surface area (TPSA) is 97.0 Å². The second kappa shape index (κ2) is 9.47. The van der Waals surface area contributed by atoms with E-state index in [4.69, 9.17) is 9.47 Å². The molecule has 1 fully saturated rings. The third-order valence-electron chi connectivity index (χ3n) is 5.87. The van der Waals surface area contributed by atoms with Crippen LogP contribution in [-0.2, 0) is 14.3 Å². The number of carbonyl (C=O) groups excluding carboxylic acids is 3. The van der Waals surface area contributed by atoms with E-state index in [1.807, 2.05) is 25.1 Å². The van der Waals surface area contributed by atoms with Gasteiger partial charge in [-0.05, 0) is 38.8 Å². The molecule has 0 aliphatic carbocycles. The van der Waals surface area contributed by atoms with E-state index in [1.54, 1.807) is 18.9 Å². The van der Waals surface area contributed by atoms with Gasteiger partial charge in [-0.3, -0.25) is 14.4 Å². The molecule has 0 radical (unpaired) electrons. The zero-order chi connectivity index (χ0) is 21.7. The van der Waals surface area contributed by atoms with Crippen LogP contribution >= 0.6 is 0 Å². The maximum Gasteiger partial charge on any atom is 0.255 e. The van der Waals surface area contributed by atoms with Crippen molar-refractivity contribution in [2.24, 2.45) is 0 Å². The second-order valence-corrected chi connectivity index (χ2v) is 8.12. The minimum Gasteiger partial charge on any atom is -0.485 e. The van der Waals surface area contributed by atoms with Gasteiger partial charge in [0.05, 0.1) is 12.1 Å². The molecule has 2 N–H and O–H groups in total. The molecular weight excluding hydrogens is 386 g/mol. The molecule has 0 bridgehead atoms. The van der Waals surface area contributed by atoms with Gasteiger partial charge < -0.3 is 25.0 Å². The van der Waals surface area contributed by atoms with Crippen molar-refractivity contribution in [1.82, 2.24) is 15.5 Å². The number of likely N-dealkylation sites (tertiary alicyclic amines) is 1. The summed E-state index contributed by atoms with van der Waals surface area (Å²) < 4.78 is 11.3. The van der Waals surface area contributed by atoms with E-state index in [2.05, 4.69) is 10.6 Å². The van der Waals surface area contributed by atoms with Crippen molar-refractivity contribution in [3.63, 3.8) is 0 Å². The van der Waals surface area contributed by atoms with E-state index in [9.17, 15) is 14.4 Å². The lowest BCUT2D eigenvalue weighted by atomic mass is 9.94. The van der Waals surface area contributed by atoms with Gasteiger partial charge >= 0.3 is 0 Å². The summed E-state index contributed by atoms with van der Waals surface area (Å²) in [6, 6.07) is 4.98. The van der Waals surface area contributed by atoms with Gasteiger partial charge in [-0.2, -0.15) is 0 Å². The SMILES string of the molecule is COCCCNC(=O)C(C)N1CCC2(CCC1=O)CNC(=O)c1cc(C)ccc1O2. The Balaban J connectivity index is 1.70. The van der Waals surface area contributed by atoms with Gasteiger partial charge in [0.15, 0.2) is 0 Å². The minimum atomic E-state index is -0.671. The lowest BCUT2D eigenvalue weighted by Gasteiger charge is -2.32. The number of aryl methyl sites for hydroxylation is 1. The minimum absolute atomic E-state index is 0.0743. The summed E-state index contributed by atoms with van der Waals surface area (Å²) >= 11 is 0. The Bertz CT molecular complexity index is 812. The molecule has 1 aromatic rings. The molecule has 1 saturated heterocycles. The molecule has 8 heteroatoms. The standard InChI is InChI=1S/C22H31N3O5/c1-15-5-6-18-17(13-15)21(28)24-14-22(30-18)8-7-19(26)25(11-9-22)16(2)20(27)23-10-4-12-29-3/h5-6,13,16H,4,7-12,14H2,1-3H3,(H,23,27)(H,24,28). The van der Waals surface area contributed by atoms with Gasteiger partial charge in [0.2, 0.25) is 11.8 Å². The van der Waals surface area contributed by atoms with Crippen molar-refractivity contribution in [3.8, 4) is 5.75 Å². The number of methoxy groups -OCH3 is 1. The third-order valence-corrected chi connectivity index (χ3v) is 5.87. The van der Waals surface area contributed by atoms with Crippen molar-refractivity contribution in [3.05, 3.63) is 29.3 Å². The monoisotopic (exact) mass is 417 g/mol. The molecule has 8 nitrogen and oxygen atoms in total. The van der Waals surface area contributed by atoms with Gasteiger partial charge in [-0.15, -0.1) is 0 Å². The Morgan fingerprint density at radius 1 is 1.37 bits per heavy atom. The van der Waals surface area contributed by atoms with Crippen LogP contribution in [-0.4, -0.2) is 67.6 Å². The molecular formula is C22H31N3O5. The number of carbonyl (C=O) groups is 3. The van der Waals surface area contributed by atoms with Crippen LogP contribution in [0.3, 0.4) is 0 Å². The first-order valence-corrected chi connectivity index (χ1v) is 10.5. The molecule has 0 saturated carbocycles. The number of rotatable bonds is 6. The average molecular weight is 418 g/mol. The summed E-state index contributed by atoms with van der Waals surface area (Å²) in [4.78, 5) is 39.4. The first-order chi connectivity index (χ1) is 14.3. The van der Waals surface area contributed by atoms with Crippen molar-refractivity contribution in [2.75, 3.05) is 33.4 Å². The normalized spacial score (nSPS) is 22.4. The van der Waals surface area contributed by atoms with E-state index >= 15 is 0 Å². The van der Waals surface area contributed by atoms with Crippen LogP contribution in [0, 0.1) is 6.92 Å². The molecule has 2 unspecified atom stereocenters. The molecule has 3 rings (SSSR count). The zero-order valence-corrected chi connectivity index (χ0v) is 18.0. The maximum atomic E-state index is 12.8. The summed E-state index contributed by atoms with van der Waals surface area (Å²) in [5.74, 6) is 0.128. The highest BCUT2D eigenvalue weighted by Crippen LogP contribution is 2.34. The summed E-state index contributed by atoms with van der Waals surface area (Å²) in [5, 5.41) is 5.81. The fraction of sp³-hybridized carbons (Fsp3) is 0.591. The van der Waals surface area contributed by atoms with E-state index in [0.29, 0.717) is 50.4 Å². The zero-order valence-electron chi connectivity index (χ0n) is 18.0. The summed E-state index contributed by atoms with van der Waals surface area (Å²) in [5.41, 5.74) is 0.828. The molecule has 2 aliphatic heterocycles. The number of benzene rings is 1. The smallest absolute Gasteiger partial charge is 0.255 e. The van der Waals surface area contributed by atoms with Gasteiger partial charge in [-0.1, -0.05) is 11.6 Å². The van der Waals surface area contributed by atoms with Gasteiger partial charge in [0, 0.05) is 39.6 Å². The number of fused-ring (bicyclic) bond motifs is 1. The third kappa shape index (κ3) is 4.92. The molecule has 2 atom stereocenters. The molecule has 1 aromatic carbocycles. The van der Waals surface area contributed by atoms with Crippen molar-refractivity contribution in [1.29, 1.82) is 0 Å². The van der Waals surface area contributed by atoms with Crippen molar-refractivity contribution >= 4 is 17.7 Å². The largest absolute Gasteiger partial charge is 0.485 e. The molecule has 2 aliphatic rings. The van der Waals surface area contributed by atoms with Gasteiger partial charge in [-0.25, -0.2) is 0 Å². The first-order valence-electron chi connectivity index (χ1n) is 10.5. The number of hydrogen-bond donors (Lipinski definition) is 2. The van der Waals surface area contributed by atoms with Crippen LogP contribution in [0.25, 0.3) is 0 Å².